The van der Waals surface area contributed by atoms with Crippen LogP contribution in [0, 0.1) is 0 Å². The fourth-order valence-corrected chi connectivity index (χ4v) is 1.55. The molecule has 0 saturated carbocycles. The molecule has 8 heteroatoms. The molecule has 0 rings (SSSR count). The SMILES string of the molecule is CN(CCOCCOCCO)CCOCCOCCOCCO. The van der Waals surface area contributed by atoms with Crippen LogP contribution in [0.25, 0.3) is 0 Å². The van der Waals surface area contributed by atoms with Crippen molar-refractivity contribution in [2.24, 2.45) is 0 Å². The van der Waals surface area contributed by atoms with Gasteiger partial charge in [0.1, 0.15) is 0 Å². The molecule has 0 spiro atoms. The molecule has 0 heterocycles. The summed E-state index contributed by atoms with van der Waals surface area (Å²) in [6.07, 6.45) is 0. The predicted molar refractivity (Wildman–Crippen MR) is 85.8 cm³/mol. The van der Waals surface area contributed by atoms with Gasteiger partial charge in [0.2, 0.25) is 0 Å². The first-order chi connectivity index (χ1) is 11.3. The Morgan fingerprint density at radius 2 is 0.826 bits per heavy atom. The van der Waals surface area contributed by atoms with Gasteiger partial charge in [-0.2, -0.15) is 0 Å². The third-order valence-electron chi connectivity index (χ3n) is 2.82. The summed E-state index contributed by atoms with van der Waals surface area (Å²) in [5.41, 5.74) is 0. The summed E-state index contributed by atoms with van der Waals surface area (Å²) < 4.78 is 26.4. The second kappa shape index (κ2) is 19.7. The molecule has 0 aromatic rings. The first-order valence-electron chi connectivity index (χ1n) is 8.10. The van der Waals surface area contributed by atoms with Crippen LogP contribution in [0.5, 0.6) is 0 Å². The Kier molecular flexibility index (Phi) is 19.5. The summed E-state index contributed by atoms with van der Waals surface area (Å²) in [4.78, 5) is 2.14. The summed E-state index contributed by atoms with van der Waals surface area (Å²) in [5, 5.41) is 17.0. The Labute approximate surface area is 139 Å². The van der Waals surface area contributed by atoms with Crippen molar-refractivity contribution in [2.45, 2.75) is 0 Å². The molecule has 0 unspecified atom stereocenters. The molecule has 0 aliphatic heterocycles. The van der Waals surface area contributed by atoms with Gasteiger partial charge in [0, 0.05) is 13.1 Å². The van der Waals surface area contributed by atoms with Crippen molar-refractivity contribution in [1.29, 1.82) is 0 Å². The molecule has 23 heavy (non-hydrogen) atoms. The van der Waals surface area contributed by atoms with Gasteiger partial charge in [-0.3, -0.25) is 0 Å². The number of nitrogens with zero attached hydrogens (tertiary/aromatic N) is 1. The van der Waals surface area contributed by atoms with E-state index in [0.29, 0.717) is 66.1 Å². The highest BCUT2D eigenvalue weighted by atomic mass is 16.5. The van der Waals surface area contributed by atoms with Gasteiger partial charge in [-0.05, 0) is 7.05 Å². The summed E-state index contributed by atoms with van der Waals surface area (Å²) in [6.45, 7) is 6.95. The molecule has 140 valence electrons. The van der Waals surface area contributed by atoms with E-state index in [4.69, 9.17) is 33.9 Å². The standard InChI is InChI=1S/C15H33NO7/c1-16(2-6-19-10-12-21-8-4-17)3-7-20-11-14-23-15-13-22-9-5-18/h17-18H,2-15H2,1H3. The Hall–Kier alpha value is -0.320. The highest BCUT2D eigenvalue weighted by Crippen LogP contribution is 1.87. The average molecular weight is 339 g/mol. The molecule has 0 amide bonds. The molecular formula is C15H33NO7. The molecule has 0 aliphatic carbocycles. The monoisotopic (exact) mass is 339 g/mol. The van der Waals surface area contributed by atoms with Crippen molar-refractivity contribution in [2.75, 3.05) is 99.4 Å². The Balaban J connectivity index is 3.11. The first-order valence-corrected chi connectivity index (χ1v) is 8.10. The lowest BCUT2D eigenvalue weighted by Gasteiger charge is -2.16. The second-order valence-electron chi connectivity index (χ2n) is 4.81. The second-order valence-corrected chi connectivity index (χ2v) is 4.81. The van der Waals surface area contributed by atoms with E-state index in [1.807, 2.05) is 7.05 Å². The van der Waals surface area contributed by atoms with Crippen LogP contribution in [0.1, 0.15) is 0 Å². The van der Waals surface area contributed by atoms with Gasteiger partial charge in [0.15, 0.2) is 0 Å². The molecule has 0 radical (unpaired) electrons. The minimum absolute atomic E-state index is 0.0408. The zero-order valence-electron chi connectivity index (χ0n) is 14.3. The zero-order valence-corrected chi connectivity index (χ0v) is 14.3. The van der Waals surface area contributed by atoms with Crippen molar-refractivity contribution < 1.29 is 33.9 Å². The van der Waals surface area contributed by atoms with Gasteiger partial charge in [-0.25, -0.2) is 0 Å². The molecule has 0 atom stereocenters. The molecular weight excluding hydrogens is 306 g/mol. The molecule has 8 nitrogen and oxygen atoms in total. The van der Waals surface area contributed by atoms with Crippen LogP contribution < -0.4 is 0 Å². The summed E-state index contributed by atoms with van der Waals surface area (Å²) >= 11 is 0. The number of hydrogen-bond acceptors (Lipinski definition) is 8. The van der Waals surface area contributed by atoms with E-state index in [1.54, 1.807) is 0 Å². The Morgan fingerprint density at radius 3 is 1.17 bits per heavy atom. The van der Waals surface area contributed by atoms with Crippen LogP contribution in [-0.2, 0) is 23.7 Å². The van der Waals surface area contributed by atoms with Gasteiger partial charge in [0.25, 0.3) is 0 Å². The smallest absolute Gasteiger partial charge is 0.0701 e. The largest absolute Gasteiger partial charge is 0.394 e. The lowest BCUT2D eigenvalue weighted by atomic mass is 10.5. The fourth-order valence-electron chi connectivity index (χ4n) is 1.55. The molecule has 0 aliphatic rings. The third-order valence-corrected chi connectivity index (χ3v) is 2.82. The van der Waals surface area contributed by atoms with Gasteiger partial charge in [0.05, 0.1) is 79.3 Å². The van der Waals surface area contributed by atoms with E-state index >= 15 is 0 Å². The van der Waals surface area contributed by atoms with E-state index < -0.39 is 0 Å². The van der Waals surface area contributed by atoms with Crippen LogP contribution >= 0.6 is 0 Å². The maximum Gasteiger partial charge on any atom is 0.0701 e. The van der Waals surface area contributed by atoms with Gasteiger partial charge >= 0.3 is 0 Å². The van der Waals surface area contributed by atoms with Gasteiger partial charge in [-0.15, -0.1) is 0 Å². The highest BCUT2D eigenvalue weighted by Gasteiger charge is 1.99. The zero-order chi connectivity index (χ0) is 17.0. The maximum atomic E-state index is 8.53. The van der Waals surface area contributed by atoms with Crippen molar-refractivity contribution in [3.05, 3.63) is 0 Å². The van der Waals surface area contributed by atoms with Crippen molar-refractivity contribution in [1.82, 2.24) is 4.90 Å². The van der Waals surface area contributed by atoms with Crippen LogP contribution in [-0.4, -0.2) is 115 Å². The number of likely N-dealkylation sites (N-methyl/N-ethyl adjacent to an activating group) is 1. The topological polar surface area (TPSA) is 89.9 Å². The molecule has 0 fully saturated rings. The number of aliphatic hydroxyl groups is 2. The fraction of sp³-hybridized carbons (Fsp3) is 1.00. The van der Waals surface area contributed by atoms with E-state index in [1.165, 1.54) is 0 Å². The van der Waals surface area contributed by atoms with E-state index in [-0.39, 0.29) is 13.2 Å². The highest BCUT2D eigenvalue weighted by molar-refractivity contribution is 4.49. The van der Waals surface area contributed by atoms with E-state index in [0.717, 1.165) is 13.1 Å². The van der Waals surface area contributed by atoms with Crippen molar-refractivity contribution in [3.63, 3.8) is 0 Å². The van der Waals surface area contributed by atoms with Gasteiger partial charge < -0.3 is 38.8 Å². The van der Waals surface area contributed by atoms with Crippen LogP contribution in [0.2, 0.25) is 0 Å². The molecule has 0 aromatic carbocycles. The third kappa shape index (κ3) is 19.6. The Bertz CT molecular complexity index is 222. The van der Waals surface area contributed by atoms with E-state index in [2.05, 4.69) is 4.90 Å². The van der Waals surface area contributed by atoms with Crippen LogP contribution in [0.15, 0.2) is 0 Å². The lowest BCUT2D eigenvalue weighted by molar-refractivity contribution is 0.00317. The number of hydrogen-bond donors (Lipinski definition) is 2. The number of ether oxygens (including phenoxy) is 5. The minimum atomic E-state index is 0.0408. The lowest BCUT2D eigenvalue weighted by Crippen LogP contribution is -2.28. The van der Waals surface area contributed by atoms with E-state index in [9.17, 15) is 0 Å². The van der Waals surface area contributed by atoms with Crippen LogP contribution in [0.4, 0.5) is 0 Å². The molecule has 0 saturated heterocycles. The van der Waals surface area contributed by atoms with Crippen molar-refractivity contribution >= 4 is 0 Å². The molecule has 0 aromatic heterocycles. The molecule has 0 bridgehead atoms. The number of aliphatic hydroxyl groups excluding tert-OH is 2. The average Bonchev–Trinajstić information content (AvgIpc) is 2.55. The van der Waals surface area contributed by atoms with Gasteiger partial charge in [-0.1, -0.05) is 0 Å². The maximum absolute atomic E-state index is 8.53. The van der Waals surface area contributed by atoms with Crippen molar-refractivity contribution in [3.8, 4) is 0 Å². The first kappa shape index (κ1) is 22.7. The Morgan fingerprint density at radius 1 is 0.522 bits per heavy atom. The summed E-state index contributed by atoms with van der Waals surface area (Å²) in [5.74, 6) is 0. The summed E-state index contributed by atoms with van der Waals surface area (Å²) in [6, 6.07) is 0. The van der Waals surface area contributed by atoms with Crippen LogP contribution in [0.3, 0.4) is 0 Å². The molecule has 2 N–H and O–H groups in total. The minimum Gasteiger partial charge on any atom is -0.394 e. The quantitative estimate of drug-likeness (QED) is 0.289. The summed E-state index contributed by atoms with van der Waals surface area (Å²) in [7, 11) is 2.02. The number of rotatable bonds is 19. The predicted octanol–water partition coefficient (Wildman–Crippen LogP) is -1.01. The normalized spacial score (nSPS) is 11.5.